The van der Waals surface area contributed by atoms with Gasteiger partial charge in [0.1, 0.15) is 6.10 Å². The lowest BCUT2D eigenvalue weighted by molar-refractivity contribution is -0.122. The molecule has 42 heavy (non-hydrogen) atoms. The molecule has 3 amide bonds. The highest BCUT2D eigenvalue weighted by molar-refractivity contribution is 6.24. The summed E-state index contributed by atoms with van der Waals surface area (Å²) < 4.78 is 16.5. The van der Waals surface area contributed by atoms with E-state index in [1.807, 2.05) is 6.92 Å². The summed E-state index contributed by atoms with van der Waals surface area (Å²) in [5.41, 5.74) is 5.76. The van der Waals surface area contributed by atoms with E-state index in [4.69, 9.17) is 19.9 Å². The maximum Gasteiger partial charge on any atom is 0.405 e. The number of fused-ring (bicyclic) bond motifs is 2. The molecule has 1 aliphatic carbocycles. The number of allylic oxidation sites excluding steroid dienone is 4. The first-order valence-corrected chi connectivity index (χ1v) is 13.6. The van der Waals surface area contributed by atoms with Gasteiger partial charge in [-0.2, -0.15) is 0 Å². The predicted molar refractivity (Wildman–Crippen MR) is 153 cm³/mol. The van der Waals surface area contributed by atoms with Crippen LogP contribution in [0.3, 0.4) is 0 Å². The van der Waals surface area contributed by atoms with Gasteiger partial charge in [-0.3, -0.25) is 19.2 Å². The van der Waals surface area contributed by atoms with Crippen LogP contribution in [0.4, 0.5) is 4.79 Å². The van der Waals surface area contributed by atoms with E-state index in [0.717, 1.165) is 6.08 Å². The van der Waals surface area contributed by atoms with E-state index in [0.29, 0.717) is 5.57 Å². The highest BCUT2D eigenvalue weighted by Gasteiger charge is 2.33. The molecule has 0 spiro atoms. The number of primary amides is 1. The minimum atomic E-state index is -1.02. The summed E-state index contributed by atoms with van der Waals surface area (Å²) in [4.78, 5) is 62.9. The van der Waals surface area contributed by atoms with Gasteiger partial charge < -0.3 is 35.7 Å². The average molecular weight is 588 g/mol. The summed E-state index contributed by atoms with van der Waals surface area (Å²) in [5, 5.41) is 16.1. The standard InChI is InChI=1S/C30H41N3O9/c1-15-11-20-25(32-19(5)34)22(35)14-21(27(20)37)33-29(38)16(2)9-8-10-23(40-6)28(42-30(31)39)18(4)13-17(3)26(36)24(12-15)41-7/h8-10,13-15,17,23-24,26,28,36H,11-12H2,1-7H3,(H2,31,39)(H,32,34)(H,33,38)/b10-8+,16-9-,18-13+/t15-,17+,23+,24+,26-,28+/m1/s1. The zero-order chi connectivity index (χ0) is 31.7. The molecule has 0 saturated carbocycles. The molecule has 5 N–H and O–H groups in total. The number of amides is 3. The fourth-order valence-electron chi connectivity index (χ4n) is 4.90. The number of ketones is 2. The molecule has 0 aromatic rings. The van der Waals surface area contributed by atoms with Gasteiger partial charge in [-0.1, -0.05) is 38.2 Å². The molecule has 0 unspecified atom stereocenters. The van der Waals surface area contributed by atoms with Crippen LogP contribution in [0.2, 0.25) is 0 Å². The van der Waals surface area contributed by atoms with Crippen LogP contribution in [0.1, 0.15) is 47.5 Å². The van der Waals surface area contributed by atoms with Crippen LogP contribution in [0.25, 0.3) is 0 Å². The molecule has 2 aliphatic rings. The SMILES string of the molecule is CO[C@H]1/C=C/C=C(/C)C(=O)NC2=CC(=O)C(NC(C)=O)=C(C[C@@H](C)C[C@H](OC)[C@H](O)[C@@H](C)/C=C(\C)[C@@H]1OC(N)=O)C2=O. The Morgan fingerprint density at radius 3 is 2.36 bits per heavy atom. The summed E-state index contributed by atoms with van der Waals surface area (Å²) in [6.45, 7) is 8.04. The minimum Gasteiger partial charge on any atom is -0.439 e. The summed E-state index contributed by atoms with van der Waals surface area (Å²) in [6.07, 6.45) is 3.15. The first-order chi connectivity index (χ1) is 19.7. The Bertz CT molecular complexity index is 1240. The summed E-state index contributed by atoms with van der Waals surface area (Å²) in [7, 11) is 2.87. The number of aliphatic hydroxyl groups is 1. The second-order valence-corrected chi connectivity index (χ2v) is 10.6. The lowest BCUT2D eigenvalue weighted by Crippen LogP contribution is -2.38. The molecule has 2 rings (SSSR count). The third kappa shape index (κ3) is 9.07. The average Bonchev–Trinajstić information content (AvgIpc) is 2.91. The monoisotopic (exact) mass is 587 g/mol. The molecule has 12 heteroatoms. The second-order valence-electron chi connectivity index (χ2n) is 10.6. The van der Waals surface area contributed by atoms with Crippen LogP contribution in [-0.2, 0) is 33.4 Å². The van der Waals surface area contributed by atoms with Gasteiger partial charge in [-0.05, 0) is 38.2 Å². The topological polar surface area (TPSA) is 183 Å². The highest BCUT2D eigenvalue weighted by Crippen LogP contribution is 2.28. The Kier molecular flexibility index (Phi) is 12.6. The molecule has 0 fully saturated rings. The summed E-state index contributed by atoms with van der Waals surface area (Å²) in [5.74, 6) is -3.17. The molecule has 0 aromatic carbocycles. The maximum atomic E-state index is 13.5. The fraction of sp³-hybridized carbons (Fsp3) is 0.500. The Balaban J connectivity index is 2.64. The van der Waals surface area contributed by atoms with E-state index in [1.54, 1.807) is 26.0 Å². The van der Waals surface area contributed by atoms with Crippen molar-refractivity contribution in [2.45, 2.75) is 71.9 Å². The van der Waals surface area contributed by atoms with Crippen LogP contribution in [0, 0.1) is 11.8 Å². The van der Waals surface area contributed by atoms with Gasteiger partial charge in [-0.15, -0.1) is 0 Å². The molecule has 12 nitrogen and oxygen atoms in total. The van der Waals surface area contributed by atoms with Crippen molar-refractivity contribution in [3.8, 4) is 0 Å². The Morgan fingerprint density at radius 1 is 1.12 bits per heavy atom. The van der Waals surface area contributed by atoms with Crippen molar-refractivity contribution in [3.05, 3.63) is 58.5 Å². The molecule has 1 aliphatic heterocycles. The van der Waals surface area contributed by atoms with E-state index >= 15 is 0 Å². The van der Waals surface area contributed by atoms with Crippen molar-refractivity contribution in [1.29, 1.82) is 0 Å². The Labute approximate surface area is 245 Å². The third-order valence-electron chi connectivity index (χ3n) is 7.09. The molecule has 0 saturated heterocycles. The number of hydrogen-bond acceptors (Lipinski definition) is 9. The van der Waals surface area contributed by atoms with Gasteiger partial charge in [0.2, 0.25) is 17.5 Å². The number of aliphatic hydroxyl groups excluding tert-OH is 1. The zero-order valence-electron chi connectivity index (χ0n) is 25.1. The van der Waals surface area contributed by atoms with Crippen molar-refractivity contribution >= 4 is 29.5 Å². The van der Waals surface area contributed by atoms with E-state index in [1.165, 1.54) is 40.2 Å². The molecule has 230 valence electrons. The highest BCUT2D eigenvalue weighted by atomic mass is 16.6. The van der Waals surface area contributed by atoms with Crippen molar-refractivity contribution in [3.63, 3.8) is 0 Å². The van der Waals surface area contributed by atoms with Gasteiger partial charge in [0, 0.05) is 44.3 Å². The summed E-state index contributed by atoms with van der Waals surface area (Å²) in [6, 6.07) is 0. The number of methoxy groups -OCH3 is 2. The minimum absolute atomic E-state index is 0.0439. The van der Waals surface area contributed by atoms with E-state index in [2.05, 4.69) is 10.6 Å². The van der Waals surface area contributed by atoms with Crippen LogP contribution in [0.5, 0.6) is 0 Å². The molecule has 1 heterocycles. The molecule has 2 bridgehead atoms. The number of hydrogen-bond donors (Lipinski definition) is 4. The quantitative estimate of drug-likeness (QED) is 0.282. The molecule has 6 atom stereocenters. The number of nitrogens with one attached hydrogen (secondary N) is 2. The normalized spacial score (nSPS) is 31.6. The van der Waals surface area contributed by atoms with Crippen molar-refractivity contribution < 1.29 is 43.3 Å². The number of rotatable bonds is 4. The molecular weight excluding hydrogens is 546 g/mol. The summed E-state index contributed by atoms with van der Waals surface area (Å²) >= 11 is 0. The first kappa shape index (κ1) is 34.3. The second kappa shape index (κ2) is 15.4. The van der Waals surface area contributed by atoms with Crippen LogP contribution in [-0.4, -0.2) is 73.2 Å². The van der Waals surface area contributed by atoms with Gasteiger partial charge in [0.25, 0.3) is 5.91 Å². The molecule has 0 radical (unpaired) electrons. The van der Waals surface area contributed by atoms with Crippen LogP contribution >= 0.6 is 0 Å². The van der Waals surface area contributed by atoms with Crippen molar-refractivity contribution in [1.82, 2.24) is 10.6 Å². The van der Waals surface area contributed by atoms with Gasteiger partial charge in [-0.25, -0.2) is 4.79 Å². The van der Waals surface area contributed by atoms with E-state index in [9.17, 15) is 29.1 Å². The molecule has 0 aromatic heterocycles. The van der Waals surface area contributed by atoms with Crippen LogP contribution in [0.15, 0.2) is 58.5 Å². The maximum absolute atomic E-state index is 13.5. The number of ether oxygens (including phenoxy) is 3. The fourth-order valence-corrected chi connectivity index (χ4v) is 4.90. The first-order valence-electron chi connectivity index (χ1n) is 13.6. The largest absolute Gasteiger partial charge is 0.439 e. The van der Waals surface area contributed by atoms with E-state index < -0.39 is 59.8 Å². The Hall–Kier alpha value is -3.87. The third-order valence-corrected chi connectivity index (χ3v) is 7.09. The lowest BCUT2D eigenvalue weighted by Gasteiger charge is -2.30. The van der Waals surface area contributed by atoms with Gasteiger partial charge >= 0.3 is 6.09 Å². The number of nitrogens with two attached hydrogens (primary N) is 1. The van der Waals surface area contributed by atoms with Crippen molar-refractivity contribution in [2.24, 2.45) is 17.6 Å². The zero-order valence-corrected chi connectivity index (χ0v) is 25.1. The Morgan fingerprint density at radius 2 is 1.79 bits per heavy atom. The van der Waals surface area contributed by atoms with Gasteiger partial charge in [0.15, 0.2) is 6.10 Å². The van der Waals surface area contributed by atoms with E-state index in [-0.39, 0.29) is 41.3 Å². The number of carbonyl (C=O) groups is 5. The molecular formula is C30H41N3O9. The number of carbonyl (C=O) groups excluding carboxylic acids is 5. The van der Waals surface area contributed by atoms with Crippen LogP contribution < -0.4 is 16.4 Å². The van der Waals surface area contributed by atoms with Gasteiger partial charge in [0.05, 0.1) is 23.6 Å². The smallest absolute Gasteiger partial charge is 0.405 e. The lowest BCUT2D eigenvalue weighted by atomic mass is 9.85. The van der Waals surface area contributed by atoms with Crippen molar-refractivity contribution in [2.75, 3.05) is 14.2 Å². The predicted octanol–water partition coefficient (Wildman–Crippen LogP) is 1.90. The number of Topliss-reactive ketones (excluding diaryl/α,β-unsaturated/α-hetero) is 1.